The maximum absolute atomic E-state index is 5.81. The Morgan fingerprint density at radius 1 is 1.35 bits per heavy atom. The van der Waals surface area contributed by atoms with Gasteiger partial charge in [-0.1, -0.05) is 0 Å². The van der Waals surface area contributed by atoms with Crippen LogP contribution in [0.3, 0.4) is 0 Å². The van der Waals surface area contributed by atoms with Crippen molar-refractivity contribution in [3.8, 4) is 0 Å². The van der Waals surface area contributed by atoms with Gasteiger partial charge in [0.25, 0.3) is 0 Å². The number of H-pyrrole nitrogens is 2. The molecule has 0 atom stereocenters. The molecule has 0 spiro atoms. The fourth-order valence-electron chi connectivity index (χ4n) is 1.50. The van der Waals surface area contributed by atoms with Crippen molar-refractivity contribution >= 4 is 28.5 Å². The Morgan fingerprint density at radius 2 is 2.29 bits per heavy atom. The molecule has 0 saturated carbocycles. The second-order valence-electron chi connectivity index (χ2n) is 3.36. The first kappa shape index (κ1) is 10.0. The number of fused-ring (bicyclic) bond motifs is 1. The number of imidazole rings is 1. The van der Waals surface area contributed by atoms with Crippen molar-refractivity contribution in [1.82, 2.24) is 30.1 Å². The van der Waals surface area contributed by atoms with Crippen LogP contribution < -0.4 is 5.32 Å². The summed E-state index contributed by atoms with van der Waals surface area (Å²) in [7, 11) is 0. The SMILES string of the molecule is Clc1nc(NCc2ncc[nH]2)c2cn[nH]c2n1. The van der Waals surface area contributed by atoms with E-state index in [1.165, 1.54) is 0 Å². The lowest BCUT2D eigenvalue weighted by Crippen LogP contribution is -2.04. The highest BCUT2D eigenvalue weighted by Gasteiger charge is 2.08. The smallest absolute Gasteiger partial charge is 0.226 e. The molecule has 3 heterocycles. The standard InChI is InChI=1S/C9H8ClN7/c10-9-15-7(5-3-14-17-8(5)16-9)13-4-6-11-1-2-12-6/h1-3H,4H2,(H,11,12)(H2,13,14,15,16,17). The van der Waals surface area contributed by atoms with Gasteiger partial charge in [0.2, 0.25) is 5.28 Å². The van der Waals surface area contributed by atoms with Crippen LogP contribution in [-0.2, 0) is 6.54 Å². The number of rotatable bonds is 3. The number of aromatic nitrogens is 6. The topological polar surface area (TPSA) is 95.2 Å². The van der Waals surface area contributed by atoms with E-state index in [1.54, 1.807) is 18.6 Å². The molecule has 0 aliphatic rings. The van der Waals surface area contributed by atoms with Crippen LogP contribution in [0.15, 0.2) is 18.6 Å². The number of hydrogen-bond acceptors (Lipinski definition) is 5. The van der Waals surface area contributed by atoms with Crippen molar-refractivity contribution in [2.75, 3.05) is 5.32 Å². The van der Waals surface area contributed by atoms with Crippen LogP contribution in [0.25, 0.3) is 11.0 Å². The van der Waals surface area contributed by atoms with Crippen molar-refractivity contribution in [2.24, 2.45) is 0 Å². The van der Waals surface area contributed by atoms with Gasteiger partial charge in [-0.05, 0) is 11.6 Å². The van der Waals surface area contributed by atoms with E-state index in [9.17, 15) is 0 Å². The number of halogens is 1. The zero-order valence-corrected chi connectivity index (χ0v) is 9.36. The Hall–Kier alpha value is -2.15. The highest BCUT2D eigenvalue weighted by molar-refractivity contribution is 6.28. The second-order valence-corrected chi connectivity index (χ2v) is 3.70. The molecule has 0 aliphatic heterocycles. The average Bonchev–Trinajstić information content (AvgIpc) is 2.95. The zero-order chi connectivity index (χ0) is 11.7. The number of aromatic amines is 2. The predicted octanol–water partition coefficient (Wildman–Crippen LogP) is 1.34. The van der Waals surface area contributed by atoms with Crippen LogP contribution in [0.4, 0.5) is 5.82 Å². The van der Waals surface area contributed by atoms with Gasteiger partial charge in [0.05, 0.1) is 18.1 Å². The third-order valence-corrected chi connectivity index (χ3v) is 2.43. The molecule has 0 fully saturated rings. The largest absolute Gasteiger partial charge is 0.362 e. The molecular weight excluding hydrogens is 242 g/mol. The van der Waals surface area contributed by atoms with E-state index >= 15 is 0 Å². The first-order chi connectivity index (χ1) is 8.33. The van der Waals surface area contributed by atoms with Crippen LogP contribution >= 0.6 is 11.6 Å². The summed E-state index contributed by atoms with van der Waals surface area (Å²) >= 11 is 5.81. The summed E-state index contributed by atoms with van der Waals surface area (Å²) in [5, 5.41) is 10.7. The minimum atomic E-state index is 0.170. The summed E-state index contributed by atoms with van der Waals surface area (Å²) in [6.45, 7) is 0.528. The molecule has 3 aromatic rings. The van der Waals surface area contributed by atoms with Gasteiger partial charge in [-0.3, -0.25) is 5.10 Å². The van der Waals surface area contributed by atoms with E-state index in [1.807, 2.05) is 0 Å². The van der Waals surface area contributed by atoms with E-state index in [0.29, 0.717) is 18.0 Å². The molecule has 0 aromatic carbocycles. The number of anilines is 1. The minimum absolute atomic E-state index is 0.170. The average molecular weight is 250 g/mol. The molecule has 0 unspecified atom stereocenters. The van der Waals surface area contributed by atoms with E-state index in [2.05, 4.69) is 35.5 Å². The van der Waals surface area contributed by atoms with Gasteiger partial charge in [0, 0.05) is 12.4 Å². The summed E-state index contributed by atoms with van der Waals surface area (Å²) in [5.74, 6) is 1.45. The van der Waals surface area contributed by atoms with Gasteiger partial charge >= 0.3 is 0 Å². The van der Waals surface area contributed by atoms with E-state index in [0.717, 1.165) is 11.2 Å². The molecule has 7 nitrogen and oxygen atoms in total. The Morgan fingerprint density at radius 3 is 3.12 bits per heavy atom. The lowest BCUT2D eigenvalue weighted by atomic mass is 10.4. The normalized spacial score (nSPS) is 10.9. The van der Waals surface area contributed by atoms with Crippen molar-refractivity contribution in [2.45, 2.75) is 6.54 Å². The van der Waals surface area contributed by atoms with Crippen LogP contribution in [0, 0.1) is 0 Å². The molecule has 3 aromatic heterocycles. The molecule has 0 saturated heterocycles. The molecule has 3 N–H and O–H groups in total. The van der Waals surface area contributed by atoms with Gasteiger partial charge < -0.3 is 10.3 Å². The molecule has 86 valence electrons. The lowest BCUT2D eigenvalue weighted by Gasteiger charge is -2.04. The fraction of sp³-hybridized carbons (Fsp3) is 0.111. The maximum Gasteiger partial charge on any atom is 0.226 e. The monoisotopic (exact) mass is 249 g/mol. The van der Waals surface area contributed by atoms with Gasteiger partial charge in [0.1, 0.15) is 11.6 Å². The molecule has 17 heavy (non-hydrogen) atoms. The Balaban J connectivity index is 1.91. The van der Waals surface area contributed by atoms with Gasteiger partial charge in [0.15, 0.2) is 5.65 Å². The predicted molar refractivity (Wildman–Crippen MR) is 62.6 cm³/mol. The van der Waals surface area contributed by atoms with Crippen molar-refractivity contribution in [3.05, 3.63) is 29.7 Å². The van der Waals surface area contributed by atoms with Gasteiger partial charge in [-0.15, -0.1) is 0 Å². The molecular formula is C9H8ClN7. The number of nitrogens with one attached hydrogen (secondary N) is 3. The summed E-state index contributed by atoms with van der Waals surface area (Å²) in [4.78, 5) is 15.2. The lowest BCUT2D eigenvalue weighted by molar-refractivity contribution is 0.988. The third kappa shape index (κ3) is 1.92. The number of nitrogens with zero attached hydrogens (tertiary/aromatic N) is 4. The van der Waals surface area contributed by atoms with Crippen LogP contribution in [-0.4, -0.2) is 30.1 Å². The Labute approximate surface area is 101 Å². The molecule has 0 bridgehead atoms. The highest BCUT2D eigenvalue weighted by atomic mass is 35.5. The molecule has 0 aliphatic carbocycles. The summed E-state index contributed by atoms with van der Waals surface area (Å²) < 4.78 is 0. The van der Waals surface area contributed by atoms with E-state index in [4.69, 9.17) is 11.6 Å². The quantitative estimate of drug-likeness (QED) is 0.609. The van der Waals surface area contributed by atoms with Gasteiger partial charge in [-0.2, -0.15) is 15.1 Å². The van der Waals surface area contributed by atoms with Crippen molar-refractivity contribution in [1.29, 1.82) is 0 Å². The number of hydrogen-bond donors (Lipinski definition) is 3. The second kappa shape index (κ2) is 4.02. The summed E-state index contributed by atoms with van der Waals surface area (Å²) in [5.41, 5.74) is 0.604. The molecule has 0 amide bonds. The molecule has 8 heteroatoms. The first-order valence-electron chi connectivity index (χ1n) is 4.91. The first-order valence-corrected chi connectivity index (χ1v) is 5.29. The van der Waals surface area contributed by atoms with Crippen LogP contribution in [0.1, 0.15) is 5.82 Å². The molecule has 3 rings (SSSR count). The minimum Gasteiger partial charge on any atom is -0.362 e. The van der Waals surface area contributed by atoms with Crippen molar-refractivity contribution < 1.29 is 0 Å². The van der Waals surface area contributed by atoms with E-state index in [-0.39, 0.29) is 5.28 Å². The third-order valence-electron chi connectivity index (χ3n) is 2.26. The zero-order valence-electron chi connectivity index (χ0n) is 8.61. The Bertz CT molecular complexity index is 630. The maximum atomic E-state index is 5.81. The molecule has 0 radical (unpaired) electrons. The summed E-state index contributed by atoms with van der Waals surface area (Å²) in [6, 6.07) is 0. The summed E-state index contributed by atoms with van der Waals surface area (Å²) in [6.07, 6.45) is 5.10. The van der Waals surface area contributed by atoms with Crippen LogP contribution in [0.2, 0.25) is 5.28 Å². The van der Waals surface area contributed by atoms with E-state index < -0.39 is 0 Å². The van der Waals surface area contributed by atoms with Gasteiger partial charge in [-0.25, -0.2) is 4.98 Å². The van der Waals surface area contributed by atoms with Crippen molar-refractivity contribution in [3.63, 3.8) is 0 Å². The van der Waals surface area contributed by atoms with Crippen LogP contribution in [0.5, 0.6) is 0 Å². The fourth-order valence-corrected chi connectivity index (χ4v) is 1.67. The Kier molecular flexibility index (Phi) is 2.37. The highest BCUT2D eigenvalue weighted by Crippen LogP contribution is 2.19.